The summed E-state index contributed by atoms with van der Waals surface area (Å²) >= 11 is 15.0. The van der Waals surface area contributed by atoms with Gasteiger partial charge in [0.05, 0.1) is 39.3 Å². The van der Waals surface area contributed by atoms with E-state index in [-0.39, 0.29) is 17.7 Å². The molecule has 0 saturated carbocycles. The molecule has 0 radical (unpaired) electrons. The minimum atomic E-state index is -0.356. The van der Waals surface area contributed by atoms with E-state index < -0.39 is 0 Å². The van der Waals surface area contributed by atoms with Crippen molar-refractivity contribution in [3.8, 4) is 11.5 Å². The number of thioether (sulfide) groups is 1. The van der Waals surface area contributed by atoms with Gasteiger partial charge in [-0.1, -0.05) is 29.3 Å². The number of ether oxygens (including phenoxy) is 2. The van der Waals surface area contributed by atoms with Gasteiger partial charge in [-0.05, 0) is 75.8 Å². The molecule has 0 aliphatic carbocycles. The lowest BCUT2D eigenvalue weighted by Crippen LogP contribution is -2.27. The number of halogens is 3. The van der Waals surface area contributed by atoms with Gasteiger partial charge in [-0.25, -0.2) is 0 Å². The van der Waals surface area contributed by atoms with E-state index in [1.54, 1.807) is 44.6 Å². The molecular formula is C19H14Cl2INO4S. The van der Waals surface area contributed by atoms with Crippen molar-refractivity contribution in [3.05, 3.63) is 60.0 Å². The summed E-state index contributed by atoms with van der Waals surface area (Å²) in [6.07, 6.45) is 1.67. The monoisotopic (exact) mass is 549 g/mol. The fourth-order valence-electron chi connectivity index (χ4n) is 2.63. The zero-order valence-electron chi connectivity index (χ0n) is 14.8. The van der Waals surface area contributed by atoms with Crippen molar-refractivity contribution in [2.24, 2.45) is 0 Å². The number of rotatable bonds is 5. The summed E-state index contributed by atoms with van der Waals surface area (Å²) in [5.74, 6) is 0.814. The second-order valence-corrected chi connectivity index (χ2v) is 8.72. The van der Waals surface area contributed by atoms with Crippen LogP contribution in [0.15, 0.2) is 35.2 Å². The second kappa shape index (κ2) is 8.94. The largest absolute Gasteiger partial charge is 0.493 e. The number of carbonyl (C=O) groups excluding carboxylic acids is 2. The van der Waals surface area contributed by atoms with E-state index in [1.165, 1.54) is 4.90 Å². The molecule has 0 aromatic heterocycles. The number of methoxy groups -OCH3 is 2. The molecule has 5 nitrogen and oxygen atoms in total. The van der Waals surface area contributed by atoms with Gasteiger partial charge in [-0.3, -0.25) is 14.5 Å². The molecule has 146 valence electrons. The third-order valence-corrected chi connectivity index (χ3v) is 6.40. The van der Waals surface area contributed by atoms with Gasteiger partial charge in [0.15, 0.2) is 11.5 Å². The highest BCUT2D eigenvalue weighted by atomic mass is 127. The highest BCUT2D eigenvalue weighted by Gasteiger charge is 2.35. The summed E-state index contributed by atoms with van der Waals surface area (Å²) in [4.78, 5) is 26.6. The van der Waals surface area contributed by atoms with Gasteiger partial charge in [-0.2, -0.15) is 0 Å². The number of carbonyl (C=O) groups is 2. The van der Waals surface area contributed by atoms with Gasteiger partial charge in [-0.15, -0.1) is 0 Å². The summed E-state index contributed by atoms with van der Waals surface area (Å²) in [6, 6.07) is 8.63. The normalized spacial score (nSPS) is 15.5. The Kier molecular flexibility index (Phi) is 6.80. The molecule has 3 rings (SSSR count). The zero-order chi connectivity index (χ0) is 20.4. The highest BCUT2D eigenvalue weighted by molar-refractivity contribution is 14.1. The molecular weight excluding hydrogens is 536 g/mol. The third-order valence-electron chi connectivity index (χ3n) is 3.95. The van der Waals surface area contributed by atoms with E-state index in [0.717, 1.165) is 26.5 Å². The van der Waals surface area contributed by atoms with Crippen LogP contribution in [0.1, 0.15) is 11.1 Å². The molecule has 0 unspecified atom stereocenters. The lowest BCUT2D eigenvalue weighted by Gasteiger charge is -2.13. The molecule has 1 aliphatic rings. The summed E-state index contributed by atoms with van der Waals surface area (Å²) in [5, 5.41) is 0.460. The average Bonchev–Trinajstić information content (AvgIpc) is 2.91. The maximum atomic E-state index is 12.7. The van der Waals surface area contributed by atoms with Crippen LogP contribution in [0.5, 0.6) is 11.5 Å². The number of imide groups is 1. The first-order valence-corrected chi connectivity index (χ1v) is 10.6. The molecule has 0 atom stereocenters. The molecule has 1 saturated heterocycles. The molecule has 0 spiro atoms. The van der Waals surface area contributed by atoms with Crippen molar-refractivity contribution in [2.75, 3.05) is 14.2 Å². The minimum Gasteiger partial charge on any atom is -0.493 e. The highest BCUT2D eigenvalue weighted by Crippen LogP contribution is 2.37. The molecule has 0 N–H and O–H groups in total. The van der Waals surface area contributed by atoms with Crippen molar-refractivity contribution < 1.29 is 19.1 Å². The van der Waals surface area contributed by atoms with E-state index in [4.69, 9.17) is 32.7 Å². The van der Waals surface area contributed by atoms with Gasteiger partial charge >= 0.3 is 0 Å². The summed E-state index contributed by atoms with van der Waals surface area (Å²) in [5.41, 5.74) is 1.46. The van der Waals surface area contributed by atoms with E-state index in [9.17, 15) is 9.59 Å². The maximum absolute atomic E-state index is 12.7. The Hall–Kier alpha value is -1.42. The van der Waals surface area contributed by atoms with Crippen LogP contribution in [-0.4, -0.2) is 30.3 Å². The Bertz CT molecular complexity index is 996. The Morgan fingerprint density at radius 2 is 1.86 bits per heavy atom. The van der Waals surface area contributed by atoms with E-state index in [2.05, 4.69) is 22.6 Å². The Morgan fingerprint density at radius 1 is 1.11 bits per heavy atom. The average molecular weight is 550 g/mol. The Labute approximate surface area is 190 Å². The van der Waals surface area contributed by atoms with Crippen molar-refractivity contribution in [1.82, 2.24) is 4.90 Å². The standard InChI is InChI=1S/C19H14Cl2INO4S/c1-26-15-7-11(6-14(22)17(15)27-2)8-16-18(24)23(19(25)28-16)9-10-3-4-12(20)13(21)5-10/h3-8H,9H2,1-2H3/b16-8+. The van der Waals surface area contributed by atoms with Gasteiger partial charge in [0.2, 0.25) is 0 Å². The summed E-state index contributed by atoms with van der Waals surface area (Å²) < 4.78 is 11.5. The van der Waals surface area contributed by atoms with Crippen LogP contribution in [0.25, 0.3) is 6.08 Å². The lowest BCUT2D eigenvalue weighted by molar-refractivity contribution is -0.123. The first-order valence-electron chi connectivity index (χ1n) is 7.95. The SMILES string of the molecule is COc1cc(/C=C2/SC(=O)N(Cc3ccc(Cl)c(Cl)c3)C2=O)cc(I)c1OC. The van der Waals surface area contributed by atoms with Crippen molar-refractivity contribution >= 4 is 74.8 Å². The minimum absolute atomic E-state index is 0.127. The molecule has 1 fully saturated rings. The smallest absolute Gasteiger partial charge is 0.293 e. The third kappa shape index (κ3) is 4.42. The summed E-state index contributed by atoms with van der Waals surface area (Å²) in [6.45, 7) is 0.127. The molecule has 1 heterocycles. The first kappa shape index (κ1) is 21.3. The zero-order valence-corrected chi connectivity index (χ0v) is 19.3. The van der Waals surface area contributed by atoms with E-state index in [0.29, 0.717) is 26.4 Å². The van der Waals surface area contributed by atoms with Crippen LogP contribution in [-0.2, 0) is 11.3 Å². The maximum Gasteiger partial charge on any atom is 0.293 e. The molecule has 2 aromatic rings. The fraction of sp³-hybridized carbons (Fsp3) is 0.158. The molecule has 0 bridgehead atoms. The van der Waals surface area contributed by atoms with Crippen LogP contribution < -0.4 is 9.47 Å². The van der Waals surface area contributed by atoms with E-state index in [1.807, 2.05) is 6.07 Å². The van der Waals surface area contributed by atoms with Crippen LogP contribution in [0.2, 0.25) is 10.0 Å². The van der Waals surface area contributed by atoms with E-state index >= 15 is 0 Å². The van der Waals surface area contributed by atoms with Gasteiger partial charge in [0.25, 0.3) is 11.1 Å². The molecule has 1 aliphatic heterocycles. The van der Waals surface area contributed by atoms with Gasteiger partial charge in [0, 0.05) is 0 Å². The number of amides is 2. The van der Waals surface area contributed by atoms with Gasteiger partial charge < -0.3 is 9.47 Å². The van der Waals surface area contributed by atoms with Gasteiger partial charge in [0.1, 0.15) is 0 Å². The van der Waals surface area contributed by atoms with Crippen molar-refractivity contribution in [3.63, 3.8) is 0 Å². The molecule has 2 amide bonds. The van der Waals surface area contributed by atoms with Crippen LogP contribution in [0.3, 0.4) is 0 Å². The van der Waals surface area contributed by atoms with Crippen molar-refractivity contribution in [1.29, 1.82) is 0 Å². The fourth-order valence-corrected chi connectivity index (χ4v) is 4.63. The number of benzene rings is 2. The quantitative estimate of drug-likeness (QED) is 0.346. The molecule has 2 aromatic carbocycles. The predicted molar refractivity (Wildman–Crippen MR) is 120 cm³/mol. The molecule has 28 heavy (non-hydrogen) atoms. The van der Waals surface area contributed by atoms with Crippen LogP contribution in [0.4, 0.5) is 4.79 Å². The topological polar surface area (TPSA) is 55.8 Å². The Balaban J connectivity index is 1.86. The van der Waals surface area contributed by atoms with Crippen LogP contribution in [0, 0.1) is 3.57 Å². The number of hydrogen-bond acceptors (Lipinski definition) is 5. The van der Waals surface area contributed by atoms with Crippen LogP contribution >= 0.6 is 57.6 Å². The number of hydrogen-bond donors (Lipinski definition) is 0. The molecule has 9 heteroatoms. The van der Waals surface area contributed by atoms with Crippen molar-refractivity contribution in [2.45, 2.75) is 6.54 Å². The lowest BCUT2D eigenvalue weighted by atomic mass is 10.1. The summed E-state index contributed by atoms with van der Waals surface area (Å²) in [7, 11) is 3.11. The first-order chi connectivity index (χ1) is 13.3. The second-order valence-electron chi connectivity index (χ2n) is 5.75. The Morgan fingerprint density at radius 3 is 2.50 bits per heavy atom. The number of nitrogens with zero attached hydrogens (tertiary/aromatic N) is 1. The predicted octanol–water partition coefficient (Wildman–Crippen LogP) is 5.85.